The molecule has 0 bridgehead atoms. The zero-order valence-electron chi connectivity index (χ0n) is 39.6. The lowest BCUT2D eigenvalue weighted by Crippen LogP contribution is -2.84. The van der Waals surface area contributed by atoms with Crippen LogP contribution in [-0.4, -0.2) is 16.9 Å². The predicted octanol–water partition coefficient (Wildman–Crippen LogP) is 11.9. The Morgan fingerprint density at radius 3 is 1.40 bits per heavy atom. The molecule has 0 saturated carbocycles. The fourth-order valence-corrected chi connectivity index (χ4v) is 20.6. The van der Waals surface area contributed by atoms with Gasteiger partial charge in [-0.1, -0.05) is 200 Å². The van der Waals surface area contributed by atoms with Crippen LogP contribution in [0.4, 0.5) is 0 Å². The van der Waals surface area contributed by atoms with E-state index in [-0.39, 0.29) is 0 Å². The Morgan fingerprint density at radius 1 is 0.389 bits per heavy atom. The van der Waals surface area contributed by atoms with Crippen molar-refractivity contribution in [2.24, 2.45) is 0 Å². The molecule has 0 aliphatic carbocycles. The third-order valence-electron chi connectivity index (χ3n) is 17.8. The Balaban J connectivity index is 1.18. The molecule has 4 aromatic heterocycles. The quantitative estimate of drug-likeness (QED) is 0.0954. The maximum absolute atomic E-state index is 3.12. The van der Waals surface area contributed by atoms with Crippen LogP contribution in [0.3, 0.4) is 0 Å². The van der Waals surface area contributed by atoms with Gasteiger partial charge in [-0.3, -0.25) is 0 Å². The van der Waals surface area contributed by atoms with Gasteiger partial charge in [0.15, 0.2) is 13.8 Å². The molecule has 0 N–H and O–H groups in total. The molecule has 5 heteroatoms. The van der Waals surface area contributed by atoms with Crippen molar-refractivity contribution in [1.82, 2.24) is 8.80 Å². The van der Waals surface area contributed by atoms with E-state index >= 15 is 0 Å². The number of imidazole rings is 2. The monoisotopic (exact) mass is 930 g/mol. The number of nitrogens with zero attached hydrogens (tertiary/aromatic N) is 4. The molecule has 3 aliphatic heterocycles. The van der Waals surface area contributed by atoms with Gasteiger partial charge in [-0.2, -0.15) is 17.9 Å². The summed E-state index contributed by atoms with van der Waals surface area (Å²) in [6, 6.07) is 76.9. The number of aryl methyl sites for hydroxylation is 2. The van der Waals surface area contributed by atoms with Crippen molar-refractivity contribution in [2.75, 3.05) is 0 Å². The first-order chi connectivity index (χ1) is 35.6. The molecule has 1 unspecified atom stereocenters. The number of pyridine rings is 2. The van der Waals surface area contributed by atoms with Crippen LogP contribution in [0.25, 0.3) is 109 Å². The molecular formula is C67H42N4Si+2. The minimum Gasteiger partial charge on any atom is -0.194 e. The summed E-state index contributed by atoms with van der Waals surface area (Å²) in [6.07, 6.45) is 7.40. The van der Waals surface area contributed by atoms with Gasteiger partial charge in [-0.15, -0.1) is 0 Å². The van der Waals surface area contributed by atoms with Crippen molar-refractivity contribution >= 4 is 127 Å². The maximum Gasteiger partial charge on any atom is 0.308 e. The highest BCUT2D eigenvalue weighted by Crippen LogP contribution is 2.54. The third-order valence-corrected chi connectivity index (χ3v) is 22.6. The first-order valence-corrected chi connectivity index (χ1v) is 27.4. The topological polar surface area (TPSA) is 16.6 Å². The van der Waals surface area contributed by atoms with Crippen LogP contribution in [-0.2, 0) is 5.66 Å². The summed E-state index contributed by atoms with van der Waals surface area (Å²) >= 11 is 0. The van der Waals surface area contributed by atoms with Gasteiger partial charge < -0.3 is 0 Å². The molecule has 7 heterocycles. The maximum atomic E-state index is 2.77. The van der Waals surface area contributed by atoms with E-state index in [4.69, 9.17) is 0 Å². The molecule has 0 saturated heterocycles. The van der Waals surface area contributed by atoms with Gasteiger partial charge in [0, 0.05) is 37.9 Å². The lowest BCUT2D eigenvalue weighted by atomic mass is 9.85. The van der Waals surface area contributed by atoms with Crippen molar-refractivity contribution in [3.05, 3.63) is 241 Å². The van der Waals surface area contributed by atoms with E-state index in [1.54, 1.807) is 0 Å². The van der Waals surface area contributed by atoms with Crippen LogP contribution in [0.15, 0.2) is 219 Å². The first kappa shape index (κ1) is 37.9. The van der Waals surface area contributed by atoms with Crippen LogP contribution >= 0.6 is 0 Å². The van der Waals surface area contributed by atoms with Crippen molar-refractivity contribution in [3.63, 3.8) is 0 Å². The van der Waals surface area contributed by atoms with Gasteiger partial charge in [0.25, 0.3) is 11.3 Å². The molecule has 0 radical (unpaired) electrons. The molecule has 4 nitrogen and oxygen atoms in total. The smallest absolute Gasteiger partial charge is 0.194 e. The summed E-state index contributed by atoms with van der Waals surface area (Å²) in [5, 5.41) is 23.9. The lowest BCUT2D eigenvalue weighted by Gasteiger charge is -2.43. The summed E-state index contributed by atoms with van der Waals surface area (Å²) < 4.78 is 10.8. The first-order valence-electron chi connectivity index (χ1n) is 25.4. The van der Waals surface area contributed by atoms with E-state index in [1.165, 1.54) is 152 Å². The molecule has 1 spiro atoms. The molecule has 0 fully saturated rings. The number of hydrogen-bond acceptors (Lipinski definition) is 0. The Bertz CT molecular complexity index is 5010. The number of hydrogen-bond donors (Lipinski definition) is 0. The second-order valence-electron chi connectivity index (χ2n) is 20.8. The van der Waals surface area contributed by atoms with E-state index in [9.17, 15) is 0 Å². The standard InChI is InChI=1S/C67H42N4Si/c1-39-18-17-19-40(2)56(39)53-38-70-66-60-52(58-48-29-14-10-25-44(48)46-27-12-16-31-50(46)64(58)71(53)66)33-35-55-62(60)67(70)61-54(72(55,41-20-5-3-6-21-41)42-22-7-4-8-23-42)34-32-51-57-47-28-13-9-24-43(47)45-26-11-15-30-49(45)63(57)68-36-37-69(67)65(68)59(51)61/h3-38H,1-2H3/q+2. The molecular weight excluding hydrogens is 889 g/mol. The summed E-state index contributed by atoms with van der Waals surface area (Å²) in [6.45, 7) is 4.60. The minimum absolute atomic E-state index is 0.769. The zero-order chi connectivity index (χ0) is 46.9. The second kappa shape index (κ2) is 12.7. The summed E-state index contributed by atoms with van der Waals surface area (Å²) in [4.78, 5) is 0. The van der Waals surface area contributed by atoms with Gasteiger partial charge in [0.2, 0.25) is 0 Å². The predicted molar refractivity (Wildman–Crippen MR) is 299 cm³/mol. The van der Waals surface area contributed by atoms with Crippen LogP contribution in [0.2, 0.25) is 0 Å². The second-order valence-corrected chi connectivity index (χ2v) is 24.5. The molecule has 1 atom stereocenters. The van der Waals surface area contributed by atoms with Crippen LogP contribution in [0.5, 0.6) is 0 Å². The highest BCUT2D eigenvalue weighted by molar-refractivity contribution is 7.20. The Hall–Kier alpha value is -8.90. The molecule has 18 rings (SSSR count). The Labute approximate surface area is 414 Å². The Morgan fingerprint density at radius 2 is 0.847 bits per heavy atom. The third kappa shape index (κ3) is 3.96. The van der Waals surface area contributed by atoms with E-state index in [2.05, 4.69) is 251 Å². The van der Waals surface area contributed by atoms with Crippen molar-refractivity contribution in [1.29, 1.82) is 0 Å². The lowest BCUT2D eigenvalue weighted by molar-refractivity contribution is -0.944. The van der Waals surface area contributed by atoms with E-state index in [0.717, 1.165) is 0 Å². The van der Waals surface area contributed by atoms with Gasteiger partial charge in [0.1, 0.15) is 29.6 Å². The average Bonchev–Trinajstić information content (AvgIpc) is 4.22. The van der Waals surface area contributed by atoms with Gasteiger partial charge in [0.05, 0.1) is 21.9 Å². The van der Waals surface area contributed by atoms with Gasteiger partial charge >= 0.3 is 5.66 Å². The minimum atomic E-state index is -3.12. The highest BCUT2D eigenvalue weighted by atomic mass is 28.3. The normalized spacial score (nSPS) is 16.1. The van der Waals surface area contributed by atoms with Gasteiger partial charge in [-0.25, -0.2) is 0 Å². The van der Waals surface area contributed by atoms with Gasteiger partial charge in [-0.05, 0) is 78.0 Å². The number of fused-ring (bicyclic) bond motifs is 16. The number of rotatable bonds is 3. The molecule has 332 valence electrons. The summed E-state index contributed by atoms with van der Waals surface area (Å²) in [7, 11) is -3.12. The van der Waals surface area contributed by atoms with Crippen LogP contribution < -0.4 is 29.9 Å². The molecule has 3 aliphatic rings. The fourth-order valence-electron chi connectivity index (χ4n) is 15.4. The largest absolute Gasteiger partial charge is 0.308 e. The van der Waals surface area contributed by atoms with E-state index in [1.807, 2.05) is 0 Å². The molecule has 15 aromatic rings. The van der Waals surface area contributed by atoms with Crippen molar-refractivity contribution in [3.8, 4) is 11.3 Å². The molecule has 72 heavy (non-hydrogen) atoms. The fraction of sp³-hybridized carbons (Fsp3) is 0.0448. The number of benzene rings is 11. The van der Waals surface area contributed by atoms with Crippen molar-refractivity contribution < 1.29 is 9.13 Å². The summed E-state index contributed by atoms with van der Waals surface area (Å²) in [5.41, 5.74) is 12.2. The highest BCUT2D eigenvalue weighted by Gasteiger charge is 2.69. The molecule has 11 aromatic carbocycles. The average molecular weight is 931 g/mol. The van der Waals surface area contributed by atoms with Crippen LogP contribution in [0.1, 0.15) is 22.3 Å². The van der Waals surface area contributed by atoms with Crippen LogP contribution in [0, 0.1) is 13.8 Å². The SMILES string of the molecule is Cc1cccc(C)c1-c1c[n+]2c3c4c5c(ccc4c4c6ccccc6c6ccccc6c4n13)[Si](c1ccccc1)(c1ccccc1)c1ccc3c4c1C52[n+]1ccn(c2c5ccccc5c5ccccc5c32)c41. The van der Waals surface area contributed by atoms with E-state index in [0.29, 0.717) is 0 Å². The summed E-state index contributed by atoms with van der Waals surface area (Å²) in [5.74, 6) is 0. The number of aromatic nitrogens is 4. The zero-order valence-corrected chi connectivity index (χ0v) is 40.6. The van der Waals surface area contributed by atoms with Crippen molar-refractivity contribution in [2.45, 2.75) is 19.5 Å². The molecule has 0 amide bonds. The Kier molecular flexibility index (Phi) is 6.69. The van der Waals surface area contributed by atoms with E-state index < -0.39 is 13.7 Å².